The number of aryl methyl sites for hydroxylation is 1. The lowest BCUT2D eigenvalue weighted by Gasteiger charge is -2.01. The molecule has 0 aliphatic heterocycles. The minimum absolute atomic E-state index is 0.349. The zero-order chi connectivity index (χ0) is 10.0. The van der Waals surface area contributed by atoms with Crippen molar-refractivity contribution in [1.29, 1.82) is 0 Å². The number of esters is 1. The van der Waals surface area contributed by atoms with Gasteiger partial charge in [0.15, 0.2) is 10.4 Å². The maximum Gasteiger partial charge on any atom is 0.356 e. The molecule has 0 saturated carbocycles. The Morgan fingerprint density at radius 2 is 2.31 bits per heavy atom. The molecule has 4 nitrogen and oxygen atoms in total. The molecule has 0 atom stereocenters. The maximum atomic E-state index is 11.3. The summed E-state index contributed by atoms with van der Waals surface area (Å²) in [6.07, 6.45) is 0.712. The Kier molecular flexibility index (Phi) is 3.08. The highest BCUT2D eigenvalue weighted by atomic mass is 79.9. The molecule has 72 valence electrons. The number of hydrogen-bond donors (Lipinski definition) is 0. The predicted octanol–water partition coefficient (Wildman–Crippen LogP) is 1.53. The van der Waals surface area contributed by atoms with E-state index in [1.165, 1.54) is 7.11 Å². The molecule has 0 amide bonds. The van der Waals surface area contributed by atoms with Gasteiger partial charge in [0.2, 0.25) is 0 Å². The lowest BCUT2D eigenvalue weighted by molar-refractivity contribution is 0.0588. The molecule has 0 spiro atoms. The van der Waals surface area contributed by atoms with E-state index in [9.17, 15) is 4.79 Å². The van der Waals surface area contributed by atoms with Gasteiger partial charge in [-0.25, -0.2) is 9.78 Å². The van der Waals surface area contributed by atoms with E-state index in [0.717, 1.165) is 5.69 Å². The van der Waals surface area contributed by atoms with Gasteiger partial charge in [0.1, 0.15) is 0 Å². The monoisotopic (exact) mass is 246 g/mol. The van der Waals surface area contributed by atoms with Crippen molar-refractivity contribution in [3.63, 3.8) is 0 Å². The van der Waals surface area contributed by atoms with E-state index in [2.05, 4.69) is 25.7 Å². The van der Waals surface area contributed by atoms with Crippen LogP contribution in [0.3, 0.4) is 0 Å². The third kappa shape index (κ3) is 1.75. The van der Waals surface area contributed by atoms with Gasteiger partial charge in [-0.05, 0) is 22.4 Å². The Morgan fingerprint density at radius 1 is 1.69 bits per heavy atom. The number of aromatic nitrogens is 2. The van der Waals surface area contributed by atoms with Gasteiger partial charge in [0.05, 0.1) is 12.8 Å². The third-order valence-corrected chi connectivity index (χ3v) is 2.54. The van der Waals surface area contributed by atoms with Gasteiger partial charge < -0.3 is 9.30 Å². The molecule has 0 aromatic carbocycles. The molecule has 0 N–H and O–H groups in total. The van der Waals surface area contributed by atoms with Crippen LogP contribution in [0.2, 0.25) is 0 Å². The second kappa shape index (κ2) is 3.91. The molecule has 0 saturated heterocycles. The van der Waals surface area contributed by atoms with Crippen LogP contribution in [0.15, 0.2) is 4.73 Å². The lowest BCUT2D eigenvalue weighted by Crippen LogP contribution is -2.10. The molecule has 1 aromatic heterocycles. The molecule has 1 aromatic rings. The van der Waals surface area contributed by atoms with Crippen LogP contribution in [0, 0.1) is 0 Å². The van der Waals surface area contributed by atoms with Gasteiger partial charge in [-0.2, -0.15) is 0 Å². The Bertz CT molecular complexity index is 333. The number of rotatable bonds is 2. The Balaban J connectivity index is 3.23. The maximum absolute atomic E-state index is 11.3. The van der Waals surface area contributed by atoms with Gasteiger partial charge in [-0.1, -0.05) is 6.92 Å². The first-order valence-electron chi connectivity index (χ1n) is 3.91. The highest BCUT2D eigenvalue weighted by Gasteiger charge is 2.18. The van der Waals surface area contributed by atoms with Gasteiger partial charge in [-0.3, -0.25) is 0 Å². The third-order valence-electron chi connectivity index (χ3n) is 1.83. The summed E-state index contributed by atoms with van der Waals surface area (Å²) < 4.78 is 6.97. The number of ether oxygens (including phenoxy) is 1. The van der Waals surface area contributed by atoms with Crippen molar-refractivity contribution in [1.82, 2.24) is 9.55 Å². The number of carbonyl (C=O) groups is 1. The van der Waals surface area contributed by atoms with Crippen molar-refractivity contribution in [3.05, 3.63) is 16.1 Å². The quantitative estimate of drug-likeness (QED) is 0.744. The molecule has 0 radical (unpaired) electrons. The number of halogens is 1. The Hall–Kier alpha value is -0.840. The van der Waals surface area contributed by atoms with Crippen LogP contribution in [-0.2, 0) is 18.2 Å². The summed E-state index contributed by atoms with van der Waals surface area (Å²) in [6.45, 7) is 1.95. The van der Waals surface area contributed by atoms with Crippen molar-refractivity contribution in [2.45, 2.75) is 13.3 Å². The second-order valence-corrected chi connectivity index (χ2v) is 3.29. The van der Waals surface area contributed by atoms with Crippen LogP contribution in [0.25, 0.3) is 0 Å². The topological polar surface area (TPSA) is 44.1 Å². The van der Waals surface area contributed by atoms with E-state index in [1.54, 1.807) is 11.6 Å². The van der Waals surface area contributed by atoms with Gasteiger partial charge in [0.25, 0.3) is 0 Å². The first-order valence-corrected chi connectivity index (χ1v) is 4.70. The van der Waals surface area contributed by atoms with Crippen molar-refractivity contribution in [2.24, 2.45) is 7.05 Å². The van der Waals surface area contributed by atoms with Crippen molar-refractivity contribution in [3.8, 4) is 0 Å². The molecule has 0 aliphatic carbocycles. The summed E-state index contributed by atoms with van der Waals surface area (Å²) in [7, 11) is 3.13. The van der Waals surface area contributed by atoms with Gasteiger partial charge in [0, 0.05) is 7.05 Å². The highest BCUT2D eigenvalue weighted by molar-refractivity contribution is 9.10. The average molecular weight is 247 g/mol. The summed E-state index contributed by atoms with van der Waals surface area (Å²) in [6, 6.07) is 0. The number of carbonyl (C=O) groups excluding carboxylic acids is 1. The second-order valence-electron chi connectivity index (χ2n) is 2.58. The zero-order valence-corrected chi connectivity index (χ0v) is 9.38. The zero-order valence-electron chi connectivity index (χ0n) is 7.80. The number of hydrogen-bond acceptors (Lipinski definition) is 3. The smallest absolute Gasteiger partial charge is 0.356 e. The van der Waals surface area contributed by atoms with Crippen LogP contribution in [0.5, 0.6) is 0 Å². The number of nitrogens with zero attached hydrogens (tertiary/aromatic N) is 2. The van der Waals surface area contributed by atoms with E-state index in [1.807, 2.05) is 6.92 Å². The van der Waals surface area contributed by atoms with E-state index >= 15 is 0 Å². The van der Waals surface area contributed by atoms with Crippen LogP contribution < -0.4 is 0 Å². The molecule has 0 fully saturated rings. The van der Waals surface area contributed by atoms with E-state index in [4.69, 9.17) is 0 Å². The van der Waals surface area contributed by atoms with Crippen molar-refractivity contribution < 1.29 is 9.53 Å². The van der Waals surface area contributed by atoms with Gasteiger partial charge >= 0.3 is 5.97 Å². The summed E-state index contributed by atoms with van der Waals surface area (Å²) in [5.41, 5.74) is 1.26. The fraction of sp³-hybridized carbons (Fsp3) is 0.500. The van der Waals surface area contributed by atoms with E-state index in [-0.39, 0.29) is 5.97 Å². The standard InChI is InChI=1S/C8H11BrN2O2/c1-4-5-6(7(12)13-3)11(2)8(9)10-5/h4H2,1-3H3. The summed E-state index contributed by atoms with van der Waals surface area (Å²) in [5, 5.41) is 0. The first-order chi connectivity index (χ1) is 6.11. The number of methoxy groups -OCH3 is 1. The van der Waals surface area contributed by atoms with Crippen molar-refractivity contribution in [2.75, 3.05) is 7.11 Å². The first kappa shape index (κ1) is 10.2. The molecule has 5 heteroatoms. The average Bonchev–Trinajstić information content (AvgIpc) is 2.42. The summed E-state index contributed by atoms with van der Waals surface area (Å²) in [5.74, 6) is -0.349. The predicted molar refractivity (Wildman–Crippen MR) is 51.6 cm³/mol. The molecular formula is C8H11BrN2O2. The Labute approximate surface area is 85.0 Å². The van der Waals surface area contributed by atoms with Gasteiger partial charge in [-0.15, -0.1) is 0 Å². The highest BCUT2D eigenvalue weighted by Crippen LogP contribution is 2.16. The summed E-state index contributed by atoms with van der Waals surface area (Å²) >= 11 is 3.25. The normalized spacial score (nSPS) is 10.2. The lowest BCUT2D eigenvalue weighted by atomic mass is 10.2. The van der Waals surface area contributed by atoms with Crippen LogP contribution in [0.4, 0.5) is 0 Å². The fourth-order valence-corrected chi connectivity index (χ4v) is 1.51. The molecule has 1 rings (SSSR count). The minimum Gasteiger partial charge on any atom is -0.464 e. The molecule has 0 unspecified atom stereocenters. The fourth-order valence-electron chi connectivity index (χ4n) is 1.12. The van der Waals surface area contributed by atoms with E-state index < -0.39 is 0 Å². The molecule has 0 bridgehead atoms. The van der Waals surface area contributed by atoms with Crippen LogP contribution in [-0.4, -0.2) is 22.6 Å². The SMILES string of the molecule is CCc1nc(Br)n(C)c1C(=O)OC. The van der Waals surface area contributed by atoms with Crippen LogP contribution in [0.1, 0.15) is 23.1 Å². The molecular weight excluding hydrogens is 236 g/mol. The summed E-state index contributed by atoms with van der Waals surface area (Å²) in [4.78, 5) is 15.5. The van der Waals surface area contributed by atoms with E-state index in [0.29, 0.717) is 16.8 Å². The largest absolute Gasteiger partial charge is 0.464 e. The van der Waals surface area contributed by atoms with Crippen LogP contribution >= 0.6 is 15.9 Å². The minimum atomic E-state index is -0.349. The van der Waals surface area contributed by atoms with Crippen molar-refractivity contribution >= 4 is 21.9 Å². The molecule has 0 aliphatic rings. The number of imidazole rings is 1. The molecule has 13 heavy (non-hydrogen) atoms. The Morgan fingerprint density at radius 3 is 2.77 bits per heavy atom. The molecule has 1 heterocycles.